The molecule has 0 aliphatic carbocycles. The maximum absolute atomic E-state index is 11.0. The van der Waals surface area contributed by atoms with E-state index in [1.807, 2.05) is 0 Å². The summed E-state index contributed by atoms with van der Waals surface area (Å²) >= 11 is 0. The molecule has 1 aliphatic rings. The molecule has 0 aromatic heterocycles. The molecule has 2 atom stereocenters. The van der Waals surface area contributed by atoms with E-state index in [1.54, 1.807) is 0 Å². The number of carbonyl (C=O) groups excluding carboxylic acids is 2. The number of hydrogen-bond donors (Lipinski definition) is 0. The molecule has 0 bridgehead atoms. The summed E-state index contributed by atoms with van der Waals surface area (Å²) in [5, 5.41) is 0. The average molecular weight is 204 g/mol. The van der Waals surface area contributed by atoms with Crippen LogP contribution in [-0.4, -0.2) is 37.7 Å². The number of cyclic esters (lactones) is 2. The van der Waals surface area contributed by atoms with Gasteiger partial charge in [0.25, 0.3) is 0 Å². The monoisotopic (exact) mass is 204 g/mol. The Kier molecular flexibility index (Phi) is 3.84. The van der Waals surface area contributed by atoms with Crippen molar-refractivity contribution in [1.29, 1.82) is 0 Å². The Morgan fingerprint density at radius 2 is 1.36 bits per heavy atom. The van der Waals surface area contributed by atoms with Gasteiger partial charge in [-0.25, -0.2) is 9.59 Å². The topological polar surface area (TPSA) is 71.1 Å². The third kappa shape index (κ3) is 2.97. The Morgan fingerprint density at radius 3 is 1.79 bits per heavy atom. The lowest BCUT2D eigenvalue weighted by Gasteiger charge is -2.18. The number of ether oxygens (including phenoxy) is 4. The van der Waals surface area contributed by atoms with Crippen LogP contribution in [0, 0.1) is 0 Å². The second-order valence-electron chi connectivity index (χ2n) is 2.78. The first-order chi connectivity index (χ1) is 6.61. The highest BCUT2D eigenvalue weighted by atomic mass is 16.7. The Balaban J connectivity index is 2.51. The molecule has 0 saturated carbocycles. The van der Waals surface area contributed by atoms with Gasteiger partial charge in [0.2, 0.25) is 6.79 Å². The van der Waals surface area contributed by atoms with Gasteiger partial charge in [-0.1, -0.05) is 0 Å². The van der Waals surface area contributed by atoms with Crippen LogP contribution in [0.5, 0.6) is 0 Å². The largest absolute Gasteiger partial charge is 0.426 e. The Morgan fingerprint density at radius 1 is 0.929 bits per heavy atom. The van der Waals surface area contributed by atoms with Crippen LogP contribution in [0.15, 0.2) is 0 Å². The van der Waals surface area contributed by atoms with E-state index in [2.05, 4.69) is 9.47 Å². The van der Waals surface area contributed by atoms with Crippen LogP contribution in [-0.2, 0) is 28.5 Å². The molecule has 0 radical (unpaired) electrons. The van der Waals surface area contributed by atoms with E-state index < -0.39 is 30.9 Å². The number of rotatable bonds is 0. The van der Waals surface area contributed by atoms with Gasteiger partial charge >= 0.3 is 11.9 Å². The molecule has 1 saturated heterocycles. The maximum Gasteiger partial charge on any atom is 0.337 e. The highest BCUT2D eigenvalue weighted by Crippen LogP contribution is 2.02. The molecule has 80 valence electrons. The van der Waals surface area contributed by atoms with E-state index in [4.69, 9.17) is 9.47 Å². The summed E-state index contributed by atoms with van der Waals surface area (Å²) in [6, 6.07) is 0. The summed E-state index contributed by atoms with van der Waals surface area (Å²) in [6.07, 6.45) is -1.45. The van der Waals surface area contributed by atoms with Gasteiger partial charge in [-0.05, 0) is 13.8 Å². The number of carbonyl (C=O) groups is 2. The summed E-state index contributed by atoms with van der Waals surface area (Å²) in [6.45, 7) is 2.51. The average Bonchev–Trinajstić information content (AvgIpc) is 2.15. The third-order valence-electron chi connectivity index (χ3n) is 1.70. The molecular formula is C8H12O6. The Bertz CT molecular complexity index is 204. The Labute approximate surface area is 81.1 Å². The van der Waals surface area contributed by atoms with Crippen LogP contribution < -0.4 is 0 Å². The summed E-state index contributed by atoms with van der Waals surface area (Å²) in [4.78, 5) is 22.1. The van der Waals surface area contributed by atoms with Crippen molar-refractivity contribution in [1.82, 2.24) is 0 Å². The van der Waals surface area contributed by atoms with Crippen molar-refractivity contribution in [2.24, 2.45) is 0 Å². The van der Waals surface area contributed by atoms with Crippen LogP contribution >= 0.6 is 0 Å². The molecule has 6 nitrogen and oxygen atoms in total. The van der Waals surface area contributed by atoms with Crippen molar-refractivity contribution in [2.75, 3.05) is 13.6 Å². The molecule has 1 heterocycles. The molecule has 0 N–H and O–H groups in total. The van der Waals surface area contributed by atoms with Gasteiger partial charge in [0.1, 0.15) is 6.79 Å². The van der Waals surface area contributed by atoms with Gasteiger partial charge in [0.15, 0.2) is 12.2 Å². The molecule has 1 fully saturated rings. The lowest BCUT2D eigenvalue weighted by Crippen LogP contribution is -2.32. The fraction of sp³-hybridized carbons (Fsp3) is 0.750. The molecule has 0 amide bonds. The molecule has 0 aromatic carbocycles. The summed E-state index contributed by atoms with van der Waals surface area (Å²) in [7, 11) is 0. The van der Waals surface area contributed by atoms with Crippen LogP contribution in [0.2, 0.25) is 0 Å². The first kappa shape index (κ1) is 10.9. The summed E-state index contributed by atoms with van der Waals surface area (Å²) in [5.41, 5.74) is 0. The number of hydrogen-bond acceptors (Lipinski definition) is 6. The van der Waals surface area contributed by atoms with E-state index in [0.29, 0.717) is 0 Å². The molecule has 14 heavy (non-hydrogen) atoms. The second kappa shape index (κ2) is 4.92. The SMILES string of the molecule is CC1OCOC(C)C(=O)OCOC1=O. The first-order valence-corrected chi connectivity index (χ1v) is 4.17. The highest BCUT2D eigenvalue weighted by molar-refractivity contribution is 5.75. The van der Waals surface area contributed by atoms with E-state index >= 15 is 0 Å². The van der Waals surface area contributed by atoms with Crippen molar-refractivity contribution in [3.63, 3.8) is 0 Å². The normalized spacial score (nSPS) is 30.4. The van der Waals surface area contributed by atoms with Crippen molar-refractivity contribution in [3.05, 3.63) is 0 Å². The maximum atomic E-state index is 11.0. The predicted octanol–water partition coefficient (Wildman–Crippen LogP) is -0.188. The zero-order valence-electron chi connectivity index (χ0n) is 8.02. The van der Waals surface area contributed by atoms with E-state index in [-0.39, 0.29) is 6.79 Å². The lowest BCUT2D eigenvalue weighted by molar-refractivity contribution is -0.200. The lowest BCUT2D eigenvalue weighted by atomic mass is 10.4. The van der Waals surface area contributed by atoms with Crippen LogP contribution in [0.3, 0.4) is 0 Å². The molecular weight excluding hydrogens is 192 g/mol. The van der Waals surface area contributed by atoms with Gasteiger partial charge in [-0.15, -0.1) is 0 Å². The molecule has 0 aromatic rings. The molecule has 6 heteroatoms. The van der Waals surface area contributed by atoms with Crippen LogP contribution in [0.25, 0.3) is 0 Å². The van der Waals surface area contributed by atoms with Crippen molar-refractivity contribution < 1.29 is 28.5 Å². The summed E-state index contributed by atoms with van der Waals surface area (Å²) < 4.78 is 19.1. The van der Waals surface area contributed by atoms with Gasteiger partial charge in [0, 0.05) is 0 Å². The van der Waals surface area contributed by atoms with Crippen LogP contribution in [0.1, 0.15) is 13.8 Å². The standard InChI is InChI=1S/C8H12O6/c1-5-7(9)13-4-14-8(10)6(2)12-3-11-5/h5-6H,3-4H2,1-2H3. The molecule has 1 rings (SSSR count). The van der Waals surface area contributed by atoms with Gasteiger partial charge in [-0.2, -0.15) is 0 Å². The first-order valence-electron chi connectivity index (χ1n) is 4.17. The van der Waals surface area contributed by atoms with E-state index in [0.717, 1.165) is 0 Å². The zero-order valence-corrected chi connectivity index (χ0v) is 8.02. The van der Waals surface area contributed by atoms with E-state index in [1.165, 1.54) is 13.8 Å². The fourth-order valence-electron chi connectivity index (χ4n) is 0.760. The molecule has 1 aliphatic heterocycles. The predicted molar refractivity (Wildman–Crippen MR) is 43.0 cm³/mol. The van der Waals surface area contributed by atoms with E-state index in [9.17, 15) is 9.59 Å². The van der Waals surface area contributed by atoms with Gasteiger partial charge in [-0.3, -0.25) is 0 Å². The minimum atomic E-state index is -0.723. The van der Waals surface area contributed by atoms with Gasteiger partial charge in [0.05, 0.1) is 0 Å². The third-order valence-corrected chi connectivity index (χ3v) is 1.70. The quantitative estimate of drug-likeness (QED) is 0.509. The van der Waals surface area contributed by atoms with Crippen molar-refractivity contribution in [3.8, 4) is 0 Å². The van der Waals surface area contributed by atoms with Gasteiger partial charge < -0.3 is 18.9 Å². The number of esters is 2. The molecule has 0 spiro atoms. The zero-order chi connectivity index (χ0) is 10.6. The van der Waals surface area contributed by atoms with Crippen LogP contribution in [0.4, 0.5) is 0 Å². The minimum absolute atomic E-state index is 0.146. The smallest absolute Gasteiger partial charge is 0.337 e. The molecule has 2 unspecified atom stereocenters. The Hall–Kier alpha value is -1.14. The van der Waals surface area contributed by atoms with Crippen molar-refractivity contribution in [2.45, 2.75) is 26.1 Å². The minimum Gasteiger partial charge on any atom is -0.426 e. The van der Waals surface area contributed by atoms with Crippen molar-refractivity contribution >= 4 is 11.9 Å². The second-order valence-corrected chi connectivity index (χ2v) is 2.78. The summed E-state index contributed by atoms with van der Waals surface area (Å²) in [5.74, 6) is -1.17. The fourth-order valence-corrected chi connectivity index (χ4v) is 0.760. The highest BCUT2D eigenvalue weighted by Gasteiger charge is 2.21.